The topological polar surface area (TPSA) is 33.2 Å². The largest absolute Gasteiger partial charge is 0.295 e. The van der Waals surface area contributed by atoms with Gasteiger partial charge in [0.2, 0.25) is 0 Å². The molecule has 0 aromatic carbocycles. The predicted octanol–water partition coefficient (Wildman–Crippen LogP) is 1.45. The third-order valence-electron chi connectivity index (χ3n) is 2.74. The molecule has 1 aromatic heterocycles. The van der Waals surface area contributed by atoms with Crippen molar-refractivity contribution in [3.05, 3.63) is 29.8 Å². The van der Waals surface area contributed by atoms with Crippen molar-refractivity contribution in [2.45, 2.75) is 6.04 Å². The molecule has 0 aliphatic carbocycles. The first-order chi connectivity index (χ1) is 7.70. The van der Waals surface area contributed by atoms with Crippen LogP contribution in [0.3, 0.4) is 0 Å². The lowest BCUT2D eigenvalue weighted by Crippen LogP contribution is -2.45. The van der Waals surface area contributed by atoms with Crippen molar-refractivity contribution in [3.63, 3.8) is 0 Å². The highest BCUT2D eigenvalue weighted by atomic mass is 32.2. The smallest absolute Gasteiger partial charge is 0.183 e. The lowest BCUT2D eigenvalue weighted by molar-refractivity contribution is 0.0870. The molecule has 1 fully saturated rings. The summed E-state index contributed by atoms with van der Waals surface area (Å²) in [4.78, 5) is 17.7. The Labute approximate surface area is 98.0 Å². The number of aromatic nitrogens is 1. The van der Waals surface area contributed by atoms with Gasteiger partial charge in [-0.25, -0.2) is 4.39 Å². The summed E-state index contributed by atoms with van der Waals surface area (Å²) in [5.74, 6) is 1.09. The van der Waals surface area contributed by atoms with Gasteiger partial charge in [-0.1, -0.05) is 0 Å². The van der Waals surface area contributed by atoms with Crippen molar-refractivity contribution in [2.24, 2.45) is 0 Å². The van der Waals surface area contributed by atoms with Crippen LogP contribution in [-0.4, -0.2) is 46.8 Å². The molecule has 86 valence electrons. The quantitative estimate of drug-likeness (QED) is 0.733. The number of thioether (sulfide) groups is 1. The fourth-order valence-corrected chi connectivity index (χ4v) is 2.93. The standard InChI is InChI=1S/C11H13FN2OS/c1-14-4-5-16-7-10(14)11(15)8-2-3-13-6-9(8)12/h2-3,6,10H,4-5,7H2,1H3. The Morgan fingerprint density at radius 3 is 3.19 bits per heavy atom. The Hall–Kier alpha value is -0.940. The molecule has 0 saturated carbocycles. The molecule has 1 aliphatic rings. The molecular weight excluding hydrogens is 227 g/mol. The van der Waals surface area contributed by atoms with Crippen LogP contribution in [0.25, 0.3) is 0 Å². The molecule has 0 spiro atoms. The van der Waals surface area contributed by atoms with Gasteiger partial charge < -0.3 is 0 Å². The molecule has 2 heterocycles. The van der Waals surface area contributed by atoms with Crippen LogP contribution >= 0.6 is 11.8 Å². The highest BCUT2D eigenvalue weighted by Crippen LogP contribution is 2.19. The van der Waals surface area contributed by atoms with E-state index in [4.69, 9.17) is 0 Å². The molecule has 0 amide bonds. The van der Waals surface area contributed by atoms with Crippen molar-refractivity contribution in [1.29, 1.82) is 0 Å². The van der Waals surface area contributed by atoms with Crippen molar-refractivity contribution in [2.75, 3.05) is 25.1 Å². The van der Waals surface area contributed by atoms with E-state index in [-0.39, 0.29) is 17.4 Å². The van der Waals surface area contributed by atoms with E-state index in [2.05, 4.69) is 4.98 Å². The fourth-order valence-electron chi connectivity index (χ4n) is 1.72. The van der Waals surface area contributed by atoms with E-state index in [0.717, 1.165) is 24.2 Å². The van der Waals surface area contributed by atoms with E-state index in [1.54, 1.807) is 11.8 Å². The van der Waals surface area contributed by atoms with Gasteiger partial charge in [-0.15, -0.1) is 0 Å². The fraction of sp³-hybridized carbons (Fsp3) is 0.455. The van der Waals surface area contributed by atoms with Gasteiger partial charge in [0.15, 0.2) is 11.6 Å². The van der Waals surface area contributed by atoms with Crippen molar-refractivity contribution < 1.29 is 9.18 Å². The van der Waals surface area contributed by atoms with E-state index in [0.29, 0.717) is 0 Å². The summed E-state index contributed by atoms with van der Waals surface area (Å²) in [5, 5.41) is 0. The number of likely N-dealkylation sites (N-methyl/N-ethyl adjacent to an activating group) is 1. The minimum atomic E-state index is -0.531. The first-order valence-electron chi connectivity index (χ1n) is 5.12. The summed E-state index contributed by atoms with van der Waals surface area (Å²) in [5.41, 5.74) is 0.148. The first kappa shape index (κ1) is 11.5. The van der Waals surface area contributed by atoms with Crippen LogP contribution in [0.1, 0.15) is 10.4 Å². The Morgan fingerprint density at radius 2 is 2.50 bits per heavy atom. The van der Waals surface area contributed by atoms with Gasteiger partial charge >= 0.3 is 0 Å². The molecule has 1 aromatic rings. The summed E-state index contributed by atoms with van der Waals surface area (Å²) in [6.07, 6.45) is 2.54. The Kier molecular flexibility index (Phi) is 3.56. The maximum Gasteiger partial charge on any atom is 0.183 e. The maximum absolute atomic E-state index is 13.4. The Morgan fingerprint density at radius 1 is 1.69 bits per heavy atom. The maximum atomic E-state index is 13.4. The number of rotatable bonds is 2. The number of hydrogen-bond acceptors (Lipinski definition) is 4. The number of carbonyl (C=O) groups is 1. The van der Waals surface area contributed by atoms with Crippen LogP contribution in [-0.2, 0) is 0 Å². The number of nitrogens with zero attached hydrogens (tertiary/aromatic N) is 2. The van der Waals surface area contributed by atoms with Crippen molar-refractivity contribution in [3.8, 4) is 0 Å². The molecule has 5 heteroatoms. The van der Waals surface area contributed by atoms with E-state index >= 15 is 0 Å². The van der Waals surface area contributed by atoms with Crippen molar-refractivity contribution >= 4 is 17.5 Å². The van der Waals surface area contributed by atoms with Crippen LogP contribution in [0.4, 0.5) is 4.39 Å². The van der Waals surface area contributed by atoms with Gasteiger partial charge in [0.25, 0.3) is 0 Å². The lowest BCUT2D eigenvalue weighted by atomic mass is 10.1. The number of hydrogen-bond donors (Lipinski definition) is 0. The first-order valence-corrected chi connectivity index (χ1v) is 6.27. The highest BCUT2D eigenvalue weighted by molar-refractivity contribution is 7.99. The summed E-state index contributed by atoms with van der Waals surface area (Å²) in [6, 6.07) is 1.24. The Balaban J connectivity index is 2.21. The zero-order valence-corrected chi connectivity index (χ0v) is 9.84. The van der Waals surface area contributed by atoms with Crippen molar-refractivity contribution in [1.82, 2.24) is 9.88 Å². The molecule has 1 saturated heterocycles. The second kappa shape index (κ2) is 4.93. The number of halogens is 1. The molecular formula is C11H13FN2OS. The van der Waals surface area contributed by atoms with Gasteiger partial charge in [0, 0.05) is 24.2 Å². The molecule has 0 N–H and O–H groups in total. The van der Waals surface area contributed by atoms with E-state index in [1.807, 2.05) is 11.9 Å². The van der Waals surface area contributed by atoms with Crippen LogP contribution < -0.4 is 0 Å². The molecule has 1 aliphatic heterocycles. The number of ketones is 1. The molecule has 0 radical (unpaired) electrons. The number of carbonyl (C=O) groups excluding carboxylic acids is 1. The normalized spacial score (nSPS) is 22.0. The minimum Gasteiger partial charge on any atom is -0.295 e. The average Bonchev–Trinajstić information content (AvgIpc) is 2.29. The van der Waals surface area contributed by atoms with Crippen LogP contribution in [0.2, 0.25) is 0 Å². The molecule has 1 atom stereocenters. The van der Waals surface area contributed by atoms with E-state index in [9.17, 15) is 9.18 Å². The SMILES string of the molecule is CN1CCSCC1C(=O)c1ccncc1F. The second-order valence-electron chi connectivity index (χ2n) is 3.79. The zero-order valence-electron chi connectivity index (χ0n) is 9.02. The summed E-state index contributed by atoms with van der Waals surface area (Å²) in [7, 11) is 1.90. The van der Waals surface area contributed by atoms with Crippen LogP contribution in [0, 0.1) is 5.82 Å². The monoisotopic (exact) mass is 240 g/mol. The number of Topliss-reactive ketones (excluding diaryl/α,β-unsaturated/α-hetero) is 1. The molecule has 16 heavy (non-hydrogen) atoms. The third-order valence-corrected chi connectivity index (χ3v) is 3.76. The third kappa shape index (κ3) is 2.25. The van der Waals surface area contributed by atoms with E-state index < -0.39 is 5.82 Å². The second-order valence-corrected chi connectivity index (χ2v) is 4.94. The van der Waals surface area contributed by atoms with Crippen LogP contribution in [0.5, 0.6) is 0 Å². The summed E-state index contributed by atoms with van der Waals surface area (Å²) >= 11 is 1.74. The molecule has 1 unspecified atom stereocenters. The average molecular weight is 240 g/mol. The van der Waals surface area contributed by atoms with Crippen LogP contribution in [0.15, 0.2) is 18.5 Å². The lowest BCUT2D eigenvalue weighted by Gasteiger charge is -2.30. The van der Waals surface area contributed by atoms with Gasteiger partial charge in [-0.2, -0.15) is 11.8 Å². The van der Waals surface area contributed by atoms with E-state index in [1.165, 1.54) is 12.3 Å². The minimum absolute atomic E-state index is 0.144. The molecule has 3 nitrogen and oxygen atoms in total. The molecule has 0 bridgehead atoms. The highest BCUT2D eigenvalue weighted by Gasteiger charge is 2.28. The Bertz CT molecular complexity index is 399. The van der Waals surface area contributed by atoms with Gasteiger partial charge in [-0.05, 0) is 13.1 Å². The predicted molar refractivity (Wildman–Crippen MR) is 62.3 cm³/mol. The van der Waals surface area contributed by atoms with Gasteiger partial charge in [0.1, 0.15) is 0 Å². The summed E-state index contributed by atoms with van der Waals surface area (Å²) < 4.78 is 13.4. The molecule has 2 rings (SSSR count). The zero-order chi connectivity index (χ0) is 11.5. The summed E-state index contributed by atoms with van der Waals surface area (Å²) in [6.45, 7) is 0.869. The number of pyridine rings is 1. The van der Waals surface area contributed by atoms with Gasteiger partial charge in [0.05, 0.1) is 17.8 Å². The van der Waals surface area contributed by atoms with Gasteiger partial charge in [-0.3, -0.25) is 14.7 Å².